The molecular formula is C26H29N5O2. The summed E-state index contributed by atoms with van der Waals surface area (Å²) >= 11 is 0. The molecule has 7 nitrogen and oxygen atoms in total. The Morgan fingerprint density at radius 1 is 1.15 bits per heavy atom. The van der Waals surface area contributed by atoms with Crippen LogP contribution >= 0.6 is 0 Å². The molecule has 7 heteroatoms. The third-order valence-corrected chi connectivity index (χ3v) is 5.64. The number of benzene rings is 1. The van der Waals surface area contributed by atoms with Gasteiger partial charge in [-0.25, -0.2) is 9.67 Å². The van der Waals surface area contributed by atoms with E-state index in [4.69, 9.17) is 9.72 Å². The van der Waals surface area contributed by atoms with Gasteiger partial charge in [-0.3, -0.25) is 9.78 Å². The molecule has 3 heterocycles. The number of ether oxygens (including phenoxy) is 1. The maximum absolute atomic E-state index is 13.9. The highest BCUT2D eigenvalue weighted by Gasteiger charge is 2.23. The minimum atomic E-state index is -0.0942. The number of hydrogen-bond acceptors (Lipinski definition) is 5. The van der Waals surface area contributed by atoms with Crippen molar-refractivity contribution in [2.45, 2.75) is 33.4 Å². The predicted molar refractivity (Wildman–Crippen MR) is 129 cm³/mol. The van der Waals surface area contributed by atoms with E-state index in [0.717, 1.165) is 27.9 Å². The highest BCUT2D eigenvalue weighted by molar-refractivity contribution is 6.06. The second-order valence-electron chi connectivity index (χ2n) is 8.33. The van der Waals surface area contributed by atoms with Gasteiger partial charge < -0.3 is 9.64 Å². The first-order chi connectivity index (χ1) is 16.0. The van der Waals surface area contributed by atoms with Crippen LogP contribution in [0.2, 0.25) is 0 Å². The van der Waals surface area contributed by atoms with E-state index >= 15 is 0 Å². The van der Waals surface area contributed by atoms with Crippen molar-refractivity contribution >= 4 is 16.9 Å². The highest BCUT2D eigenvalue weighted by Crippen LogP contribution is 2.29. The molecule has 1 aromatic carbocycles. The van der Waals surface area contributed by atoms with Crippen molar-refractivity contribution in [2.24, 2.45) is 0 Å². The molecule has 0 bridgehead atoms. The third kappa shape index (κ3) is 4.78. The van der Waals surface area contributed by atoms with Crippen molar-refractivity contribution in [3.8, 4) is 11.3 Å². The number of nitrogens with zero attached hydrogens (tertiary/aromatic N) is 5. The van der Waals surface area contributed by atoms with Gasteiger partial charge >= 0.3 is 0 Å². The molecular weight excluding hydrogens is 414 g/mol. The molecule has 0 saturated heterocycles. The smallest absolute Gasteiger partial charge is 0.255 e. The van der Waals surface area contributed by atoms with Crippen LogP contribution in [-0.2, 0) is 11.3 Å². The molecule has 0 radical (unpaired) electrons. The first-order valence-corrected chi connectivity index (χ1v) is 11.1. The van der Waals surface area contributed by atoms with Crippen LogP contribution in [-0.4, -0.2) is 50.8 Å². The third-order valence-electron chi connectivity index (χ3n) is 5.64. The van der Waals surface area contributed by atoms with Crippen LogP contribution in [0.1, 0.15) is 41.5 Å². The lowest BCUT2D eigenvalue weighted by Crippen LogP contribution is -2.34. The van der Waals surface area contributed by atoms with E-state index in [1.807, 2.05) is 47.1 Å². The average molecular weight is 444 g/mol. The second-order valence-corrected chi connectivity index (χ2v) is 8.33. The Morgan fingerprint density at radius 2 is 1.94 bits per heavy atom. The zero-order chi connectivity index (χ0) is 23.4. The predicted octanol–water partition coefficient (Wildman–Crippen LogP) is 4.67. The monoisotopic (exact) mass is 443 g/mol. The lowest BCUT2D eigenvalue weighted by molar-refractivity contribution is 0.0680. The van der Waals surface area contributed by atoms with Gasteiger partial charge in [-0.1, -0.05) is 30.3 Å². The van der Waals surface area contributed by atoms with Crippen molar-refractivity contribution in [2.75, 3.05) is 20.3 Å². The summed E-state index contributed by atoms with van der Waals surface area (Å²) < 4.78 is 7.15. The summed E-state index contributed by atoms with van der Waals surface area (Å²) in [5.41, 5.74) is 4.97. The Bertz CT molecular complexity index is 1250. The number of fused-ring (bicyclic) bond motifs is 1. The molecule has 0 unspecified atom stereocenters. The molecule has 1 amide bonds. The molecule has 33 heavy (non-hydrogen) atoms. The van der Waals surface area contributed by atoms with Gasteiger partial charge in [0.2, 0.25) is 0 Å². The van der Waals surface area contributed by atoms with Crippen LogP contribution in [0.15, 0.2) is 60.9 Å². The SMILES string of the molecule is COCCN(Cc1ccccn1)C(=O)c1cc(-c2ccccc2C)nc2c1cnn2C(C)C. The number of pyridine rings is 2. The van der Waals surface area contributed by atoms with Crippen LogP contribution in [0.5, 0.6) is 0 Å². The van der Waals surface area contributed by atoms with E-state index in [2.05, 4.69) is 36.9 Å². The Morgan fingerprint density at radius 3 is 2.64 bits per heavy atom. The lowest BCUT2D eigenvalue weighted by atomic mass is 10.0. The number of aromatic nitrogens is 4. The van der Waals surface area contributed by atoms with E-state index in [1.54, 1.807) is 24.4 Å². The molecule has 3 aromatic heterocycles. The quantitative estimate of drug-likeness (QED) is 0.396. The van der Waals surface area contributed by atoms with Gasteiger partial charge in [0, 0.05) is 31.5 Å². The van der Waals surface area contributed by atoms with Crippen LogP contribution in [0.4, 0.5) is 0 Å². The maximum Gasteiger partial charge on any atom is 0.255 e. The molecule has 0 spiro atoms. The summed E-state index contributed by atoms with van der Waals surface area (Å²) in [4.78, 5) is 25.0. The lowest BCUT2D eigenvalue weighted by Gasteiger charge is -2.23. The van der Waals surface area contributed by atoms with E-state index in [1.165, 1.54) is 0 Å². The molecule has 0 aliphatic heterocycles. The number of carbonyl (C=O) groups is 1. The van der Waals surface area contributed by atoms with Crippen molar-refractivity contribution in [3.63, 3.8) is 0 Å². The van der Waals surface area contributed by atoms with Gasteiger partial charge in [0.25, 0.3) is 5.91 Å². The van der Waals surface area contributed by atoms with E-state index in [-0.39, 0.29) is 11.9 Å². The van der Waals surface area contributed by atoms with Crippen LogP contribution < -0.4 is 0 Å². The van der Waals surface area contributed by atoms with Gasteiger partial charge in [0.15, 0.2) is 5.65 Å². The molecule has 170 valence electrons. The molecule has 0 aliphatic rings. The standard InChI is InChI=1S/C26H29N5O2/c1-18(2)31-25-23(16-28-31)22(15-24(29-25)21-11-6-5-9-19(21)3)26(32)30(13-14-33-4)17-20-10-7-8-12-27-20/h5-12,15-16,18H,13-14,17H2,1-4H3. The van der Waals surface area contributed by atoms with E-state index in [0.29, 0.717) is 30.9 Å². The molecule has 0 saturated carbocycles. The minimum absolute atomic E-state index is 0.0942. The van der Waals surface area contributed by atoms with Gasteiger partial charge in [-0.05, 0) is 44.5 Å². The van der Waals surface area contributed by atoms with Crippen molar-refractivity contribution in [1.29, 1.82) is 0 Å². The van der Waals surface area contributed by atoms with E-state index in [9.17, 15) is 4.79 Å². The number of amides is 1. The van der Waals surface area contributed by atoms with Gasteiger partial charge in [0.1, 0.15) is 0 Å². The van der Waals surface area contributed by atoms with Crippen LogP contribution in [0.25, 0.3) is 22.3 Å². The fourth-order valence-corrected chi connectivity index (χ4v) is 3.88. The number of rotatable bonds is 8. The van der Waals surface area contributed by atoms with E-state index < -0.39 is 0 Å². The largest absolute Gasteiger partial charge is 0.383 e. The highest BCUT2D eigenvalue weighted by atomic mass is 16.5. The summed E-state index contributed by atoms with van der Waals surface area (Å²) in [5, 5.41) is 5.29. The number of methoxy groups -OCH3 is 1. The number of aryl methyl sites for hydroxylation is 1. The summed E-state index contributed by atoms with van der Waals surface area (Å²) in [6.07, 6.45) is 3.48. The summed E-state index contributed by atoms with van der Waals surface area (Å²) in [5.74, 6) is -0.0942. The zero-order valence-corrected chi connectivity index (χ0v) is 19.5. The Hall–Kier alpha value is -3.58. The molecule has 0 fully saturated rings. The second kappa shape index (κ2) is 9.92. The van der Waals surface area contributed by atoms with Crippen LogP contribution in [0, 0.1) is 6.92 Å². The van der Waals surface area contributed by atoms with Gasteiger partial charge in [-0.15, -0.1) is 0 Å². The topological polar surface area (TPSA) is 73.1 Å². The molecule has 0 N–H and O–H groups in total. The normalized spacial score (nSPS) is 11.3. The Balaban J connectivity index is 1.84. The molecule has 0 atom stereocenters. The molecule has 4 aromatic rings. The Labute approximate surface area is 194 Å². The van der Waals surface area contributed by atoms with Crippen molar-refractivity contribution in [1.82, 2.24) is 24.6 Å². The number of hydrogen-bond donors (Lipinski definition) is 0. The van der Waals surface area contributed by atoms with Gasteiger partial charge in [-0.2, -0.15) is 5.10 Å². The fourth-order valence-electron chi connectivity index (χ4n) is 3.88. The van der Waals surface area contributed by atoms with Crippen molar-refractivity contribution < 1.29 is 9.53 Å². The molecule has 4 rings (SSSR count). The van der Waals surface area contributed by atoms with Crippen molar-refractivity contribution in [3.05, 3.63) is 77.7 Å². The first kappa shape index (κ1) is 22.6. The summed E-state index contributed by atoms with van der Waals surface area (Å²) in [6.45, 7) is 7.44. The zero-order valence-electron chi connectivity index (χ0n) is 19.5. The fraction of sp³-hybridized carbons (Fsp3) is 0.308. The van der Waals surface area contributed by atoms with Gasteiger partial charge in [0.05, 0.1) is 41.7 Å². The summed E-state index contributed by atoms with van der Waals surface area (Å²) in [6, 6.07) is 15.8. The molecule has 0 aliphatic carbocycles. The summed E-state index contributed by atoms with van der Waals surface area (Å²) in [7, 11) is 1.64. The maximum atomic E-state index is 13.9. The first-order valence-electron chi connectivity index (χ1n) is 11.1. The number of carbonyl (C=O) groups excluding carboxylic acids is 1. The Kier molecular flexibility index (Phi) is 6.79. The van der Waals surface area contributed by atoms with Crippen LogP contribution in [0.3, 0.4) is 0 Å². The average Bonchev–Trinajstić information content (AvgIpc) is 3.26. The minimum Gasteiger partial charge on any atom is -0.383 e.